The molecule has 2 rings (SSSR count). The summed E-state index contributed by atoms with van der Waals surface area (Å²) in [6, 6.07) is 10.5. The van der Waals surface area contributed by atoms with Crippen molar-refractivity contribution in [2.75, 3.05) is 39.8 Å². The molecule has 1 aliphatic rings. The van der Waals surface area contributed by atoms with Crippen molar-refractivity contribution >= 4 is 5.96 Å². The first kappa shape index (κ1) is 22.5. The molecule has 0 bridgehead atoms. The Morgan fingerprint density at radius 1 is 1.14 bits per heavy atom. The van der Waals surface area contributed by atoms with Crippen LogP contribution in [0.15, 0.2) is 35.3 Å². The maximum Gasteiger partial charge on any atom is 0.401 e. The normalized spacial score (nSPS) is 19.1. The van der Waals surface area contributed by atoms with Gasteiger partial charge in [-0.15, -0.1) is 0 Å². The van der Waals surface area contributed by atoms with E-state index in [1.54, 1.807) is 7.05 Å². The Balaban J connectivity index is 1.86. The van der Waals surface area contributed by atoms with Gasteiger partial charge in [0.25, 0.3) is 0 Å². The first-order chi connectivity index (χ1) is 13.3. The van der Waals surface area contributed by atoms with E-state index in [-0.39, 0.29) is 11.3 Å². The molecule has 1 aromatic carbocycles. The Labute approximate surface area is 166 Å². The van der Waals surface area contributed by atoms with Crippen LogP contribution in [0.4, 0.5) is 13.2 Å². The number of benzene rings is 1. The number of likely N-dealkylation sites (tertiary alicyclic amines) is 1. The van der Waals surface area contributed by atoms with Gasteiger partial charge in [-0.3, -0.25) is 9.89 Å². The third-order valence-electron chi connectivity index (χ3n) is 5.89. The van der Waals surface area contributed by atoms with Crippen molar-refractivity contribution in [1.82, 2.24) is 15.5 Å². The lowest BCUT2D eigenvalue weighted by Gasteiger charge is -2.33. The smallest absolute Gasteiger partial charge is 0.356 e. The number of hydrogen-bond donors (Lipinski definition) is 2. The molecule has 1 fully saturated rings. The first-order valence-electron chi connectivity index (χ1n) is 10.1. The van der Waals surface area contributed by atoms with Gasteiger partial charge in [0.1, 0.15) is 0 Å². The Morgan fingerprint density at radius 3 is 2.39 bits per heavy atom. The van der Waals surface area contributed by atoms with Crippen molar-refractivity contribution in [1.29, 1.82) is 0 Å². The van der Waals surface area contributed by atoms with Gasteiger partial charge in [0.2, 0.25) is 0 Å². The van der Waals surface area contributed by atoms with E-state index in [0.29, 0.717) is 25.6 Å². The minimum absolute atomic E-state index is 0.0236. The molecule has 0 spiro atoms. The molecular weight excluding hydrogens is 365 g/mol. The largest absolute Gasteiger partial charge is 0.401 e. The monoisotopic (exact) mass is 398 g/mol. The van der Waals surface area contributed by atoms with E-state index in [1.807, 2.05) is 6.07 Å². The van der Waals surface area contributed by atoms with E-state index in [9.17, 15) is 13.2 Å². The van der Waals surface area contributed by atoms with Crippen molar-refractivity contribution in [3.05, 3.63) is 35.9 Å². The van der Waals surface area contributed by atoms with Crippen LogP contribution in [0.25, 0.3) is 0 Å². The van der Waals surface area contributed by atoms with Crippen molar-refractivity contribution in [2.45, 2.75) is 44.7 Å². The molecule has 1 heterocycles. The van der Waals surface area contributed by atoms with E-state index in [4.69, 9.17) is 0 Å². The molecule has 0 aromatic heterocycles. The van der Waals surface area contributed by atoms with E-state index in [0.717, 1.165) is 25.8 Å². The van der Waals surface area contributed by atoms with Gasteiger partial charge in [-0.2, -0.15) is 13.2 Å². The first-order valence-corrected chi connectivity index (χ1v) is 10.1. The molecule has 0 amide bonds. The second-order valence-corrected chi connectivity index (χ2v) is 7.67. The number of halogens is 3. The van der Waals surface area contributed by atoms with Crippen LogP contribution in [0.2, 0.25) is 0 Å². The second kappa shape index (κ2) is 10.1. The third-order valence-corrected chi connectivity index (χ3v) is 5.89. The van der Waals surface area contributed by atoms with Gasteiger partial charge in [0, 0.05) is 32.1 Å². The van der Waals surface area contributed by atoms with Crippen LogP contribution in [0.1, 0.15) is 38.7 Å². The third kappa shape index (κ3) is 6.40. The highest BCUT2D eigenvalue weighted by atomic mass is 19.4. The summed E-state index contributed by atoms with van der Waals surface area (Å²) >= 11 is 0. The predicted molar refractivity (Wildman–Crippen MR) is 109 cm³/mol. The summed E-state index contributed by atoms with van der Waals surface area (Å²) in [4.78, 5) is 5.78. The highest BCUT2D eigenvalue weighted by molar-refractivity contribution is 5.79. The summed E-state index contributed by atoms with van der Waals surface area (Å²) < 4.78 is 37.6. The molecule has 0 saturated carbocycles. The molecule has 1 aromatic rings. The molecule has 1 saturated heterocycles. The fraction of sp³-hybridized carbons (Fsp3) is 0.667. The van der Waals surface area contributed by atoms with Crippen LogP contribution in [0.3, 0.4) is 0 Å². The van der Waals surface area contributed by atoms with Crippen molar-refractivity contribution in [3.8, 4) is 0 Å². The topological polar surface area (TPSA) is 39.7 Å². The van der Waals surface area contributed by atoms with Crippen LogP contribution in [-0.2, 0) is 5.41 Å². The van der Waals surface area contributed by atoms with Gasteiger partial charge in [0.05, 0.1) is 6.54 Å². The summed E-state index contributed by atoms with van der Waals surface area (Å²) in [5.74, 6) is 0.911. The molecule has 1 atom stereocenters. The molecule has 7 heteroatoms. The zero-order valence-corrected chi connectivity index (χ0v) is 17.1. The summed E-state index contributed by atoms with van der Waals surface area (Å²) in [7, 11) is 1.72. The molecule has 2 N–H and O–H groups in total. The molecule has 1 unspecified atom stereocenters. The average molecular weight is 399 g/mol. The van der Waals surface area contributed by atoms with Gasteiger partial charge in [-0.05, 0) is 37.3 Å². The maximum atomic E-state index is 12.5. The second-order valence-electron chi connectivity index (χ2n) is 7.67. The molecule has 1 aliphatic heterocycles. The Hall–Kier alpha value is -1.76. The standard InChI is InChI=1S/C21H33F3N4/c1-4-20(5-2,18-9-7-6-8-10-18)15-27-19(25-3)26-13-17-11-12-28(14-17)16-21(22,23)24/h6-10,17H,4-5,11-16H2,1-3H3,(H2,25,26,27). The highest BCUT2D eigenvalue weighted by Crippen LogP contribution is 2.30. The van der Waals surface area contributed by atoms with Gasteiger partial charge < -0.3 is 10.6 Å². The summed E-state index contributed by atoms with van der Waals surface area (Å²) in [5, 5.41) is 6.73. The van der Waals surface area contributed by atoms with Crippen LogP contribution < -0.4 is 10.6 Å². The fourth-order valence-electron chi connectivity index (χ4n) is 3.99. The maximum absolute atomic E-state index is 12.5. The minimum atomic E-state index is -4.12. The van der Waals surface area contributed by atoms with Gasteiger partial charge in [0.15, 0.2) is 5.96 Å². The van der Waals surface area contributed by atoms with Crippen LogP contribution in [0, 0.1) is 5.92 Å². The van der Waals surface area contributed by atoms with Crippen LogP contribution >= 0.6 is 0 Å². The summed E-state index contributed by atoms with van der Waals surface area (Å²) in [6.45, 7) is 5.94. The van der Waals surface area contributed by atoms with Gasteiger partial charge in [-0.25, -0.2) is 0 Å². The summed E-state index contributed by atoms with van der Waals surface area (Å²) in [6.07, 6.45) is -1.34. The molecule has 0 aliphatic carbocycles. The minimum Gasteiger partial charge on any atom is -0.356 e. The number of rotatable bonds is 8. The molecule has 0 radical (unpaired) electrons. The quantitative estimate of drug-likeness (QED) is 0.517. The Kier molecular flexibility index (Phi) is 8.16. The number of guanidine groups is 1. The zero-order chi connectivity index (χ0) is 20.6. The molecule has 4 nitrogen and oxygen atoms in total. The van der Waals surface area contributed by atoms with Crippen molar-refractivity contribution < 1.29 is 13.2 Å². The lowest BCUT2D eigenvalue weighted by atomic mass is 9.76. The molecule has 28 heavy (non-hydrogen) atoms. The zero-order valence-electron chi connectivity index (χ0n) is 17.1. The highest BCUT2D eigenvalue weighted by Gasteiger charge is 2.34. The number of aliphatic imine (C=N–C) groups is 1. The van der Waals surface area contributed by atoms with Gasteiger partial charge in [-0.1, -0.05) is 44.2 Å². The van der Waals surface area contributed by atoms with Crippen molar-refractivity contribution in [3.63, 3.8) is 0 Å². The van der Waals surface area contributed by atoms with Gasteiger partial charge >= 0.3 is 6.18 Å². The Bertz CT molecular complexity index is 612. The number of nitrogens with one attached hydrogen (secondary N) is 2. The molecule has 158 valence electrons. The predicted octanol–water partition coefficient (Wildman–Crippen LogP) is 3.79. The van der Waals surface area contributed by atoms with E-state index < -0.39 is 12.7 Å². The lowest BCUT2D eigenvalue weighted by Crippen LogP contribution is -2.46. The van der Waals surface area contributed by atoms with E-state index >= 15 is 0 Å². The van der Waals surface area contributed by atoms with E-state index in [2.05, 4.69) is 53.7 Å². The average Bonchev–Trinajstić information content (AvgIpc) is 3.11. The lowest BCUT2D eigenvalue weighted by molar-refractivity contribution is -0.143. The van der Waals surface area contributed by atoms with Crippen molar-refractivity contribution in [2.24, 2.45) is 10.9 Å². The van der Waals surface area contributed by atoms with Crippen LogP contribution in [-0.4, -0.2) is 56.8 Å². The number of nitrogens with zero attached hydrogens (tertiary/aromatic N) is 2. The number of hydrogen-bond acceptors (Lipinski definition) is 2. The Morgan fingerprint density at radius 2 is 1.82 bits per heavy atom. The van der Waals surface area contributed by atoms with Crippen LogP contribution in [0.5, 0.6) is 0 Å². The number of alkyl halides is 3. The SMILES string of the molecule is CCC(CC)(CNC(=NC)NCC1CCN(CC(F)(F)F)C1)c1ccccc1. The van der Waals surface area contributed by atoms with E-state index in [1.165, 1.54) is 10.5 Å². The fourth-order valence-corrected chi connectivity index (χ4v) is 3.99. The molecular formula is C21H33F3N4. The summed E-state index contributed by atoms with van der Waals surface area (Å²) in [5.41, 5.74) is 1.33.